The number of hydrogen-bond donors (Lipinski definition) is 1. The van der Waals surface area contributed by atoms with Crippen molar-refractivity contribution in [2.45, 2.75) is 6.92 Å². The van der Waals surface area contributed by atoms with Crippen LogP contribution in [-0.2, 0) is 0 Å². The minimum Gasteiger partial charge on any atom is -0.290 e. The molecule has 0 aromatic carbocycles. The molecule has 1 amide bonds. The van der Waals surface area contributed by atoms with Gasteiger partial charge in [0.25, 0.3) is 11.6 Å². The Morgan fingerprint density at radius 1 is 1.29 bits per heavy atom. The van der Waals surface area contributed by atoms with E-state index in [1.54, 1.807) is 6.92 Å². The van der Waals surface area contributed by atoms with Gasteiger partial charge >= 0.3 is 0 Å². The Balaban J connectivity index is 2.36. The van der Waals surface area contributed by atoms with Crippen molar-refractivity contribution in [2.24, 2.45) is 0 Å². The molecule has 1 N–H and O–H groups in total. The summed E-state index contributed by atoms with van der Waals surface area (Å²) >= 11 is 11.4. The number of carbonyl (C=O) groups is 1. The van der Waals surface area contributed by atoms with Crippen molar-refractivity contribution in [3.8, 4) is 0 Å². The van der Waals surface area contributed by atoms with Gasteiger partial charge in [0.05, 0.1) is 4.92 Å². The molecule has 0 aliphatic heterocycles. The van der Waals surface area contributed by atoms with Gasteiger partial charge in [0, 0.05) is 5.69 Å². The summed E-state index contributed by atoms with van der Waals surface area (Å²) in [6, 6.07) is 2.59. The second-order valence-electron chi connectivity index (χ2n) is 3.89. The molecule has 0 saturated carbocycles. The number of nitrogens with one attached hydrogen (secondary N) is 1. The van der Waals surface area contributed by atoms with Gasteiger partial charge in [-0.15, -0.1) is 0 Å². The third-order valence-electron chi connectivity index (χ3n) is 2.34. The summed E-state index contributed by atoms with van der Waals surface area (Å²) in [6.07, 6.45) is 0.904. The van der Waals surface area contributed by atoms with E-state index in [9.17, 15) is 14.9 Å². The molecular weight excluding hydrogens is 321 g/mol. The minimum atomic E-state index is -0.785. The standard InChI is InChI=1S/C11H7Cl2N5O3/c1-5-2-9(13)16-11(15-5)17-10(19)6-3-8(12)14-4-7(6)18(20)21/h2-4H,1H3,(H,15,16,17,19). The number of carbonyl (C=O) groups excluding carboxylic acids is 1. The number of nitrogens with zero attached hydrogens (tertiary/aromatic N) is 4. The van der Waals surface area contributed by atoms with Gasteiger partial charge in [-0.1, -0.05) is 23.2 Å². The minimum absolute atomic E-state index is 0.0473. The van der Waals surface area contributed by atoms with Crippen molar-refractivity contribution in [1.82, 2.24) is 15.0 Å². The quantitative estimate of drug-likeness (QED) is 0.401. The van der Waals surface area contributed by atoms with Crippen LogP contribution in [0.4, 0.5) is 11.6 Å². The highest BCUT2D eigenvalue weighted by atomic mass is 35.5. The molecular formula is C11H7Cl2N5O3. The smallest absolute Gasteiger partial charge is 0.290 e. The van der Waals surface area contributed by atoms with Crippen molar-refractivity contribution < 1.29 is 9.72 Å². The molecule has 21 heavy (non-hydrogen) atoms. The molecule has 0 fully saturated rings. The third-order valence-corrected chi connectivity index (χ3v) is 2.74. The molecule has 0 saturated heterocycles. The lowest BCUT2D eigenvalue weighted by Gasteiger charge is -2.05. The van der Waals surface area contributed by atoms with Crippen LogP contribution >= 0.6 is 23.2 Å². The zero-order chi connectivity index (χ0) is 15.6. The van der Waals surface area contributed by atoms with Gasteiger partial charge in [-0.3, -0.25) is 20.2 Å². The van der Waals surface area contributed by atoms with Crippen molar-refractivity contribution >= 4 is 40.7 Å². The van der Waals surface area contributed by atoms with E-state index in [0.29, 0.717) is 5.69 Å². The zero-order valence-corrected chi connectivity index (χ0v) is 12.0. The van der Waals surface area contributed by atoms with Crippen molar-refractivity contribution in [3.05, 3.63) is 50.0 Å². The summed E-state index contributed by atoms with van der Waals surface area (Å²) in [5.41, 5.74) is -0.190. The van der Waals surface area contributed by atoms with Crippen molar-refractivity contribution in [3.63, 3.8) is 0 Å². The van der Waals surface area contributed by atoms with Gasteiger partial charge in [-0.2, -0.15) is 0 Å². The average molecular weight is 328 g/mol. The Labute approximate surface area is 128 Å². The van der Waals surface area contributed by atoms with E-state index in [0.717, 1.165) is 12.3 Å². The first-order valence-electron chi connectivity index (χ1n) is 5.49. The van der Waals surface area contributed by atoms with Crippen LogP contribution in [-0.4, -0.2) is 25.8 Å². The molecule has 10 heteroatoms. The highest BCUT2D eigenvalue weighted by molar-refractivity contribution is 6.30. The average Bonchev–Trinajstić information content (AvgIpc) is 2.36. The Kier molecular flexibility index (Phi) is 4.29. The number of hydrogen-bond acceptors (Lipinski definition) is 6. The molecule has 0 aliphatic carbocycles. The van der Waals surface area contributed by atoms with Crippen LogP contribution in [0.2, 0.25) is 10.3 Å². The van der Waals surface area contributed by atoms with Crippen LogP contribution in [0.5, 0.6) is 0 Å². The molecule has 0 aliphatic rings. The van der Waals surface area contributed by atoms with Crippen molar-refractivity contribution in [1.29, 1.82) is 0 Å². The Bertz CT molecular complexity index is 718. The van der Waals surface area contributed by atoms with Crippen LogP contribution in [0, 0.1) is 17.0 Å². The second kappa shape index (κ2) is 5.98. The first-order valence-corrected chi connectivity index (χ1v) is 6.25. The number of aromatic nitrogens is 3. The lowest BCUT2D eigenvalue weighted by molar-refractivity contribution is -0.385. The van der Waals surface area contributed by atoms with E-state index in [1.165, 1.54) is 6.07 Å². The first-order chi connectivity index (χ1) is 9.86. The summed E-state index contributed by atoms with van der Waals surface area (Å²) in [6.45, 7) is 1.66. The molecule has 108 valence electrons. The number of rotatable bonds is 3. The van der Waals surface area contributed by atoms with E-state index in [-0.39, 0.29) is 21.8 Å². The predicted molar refractivity (Wildman–Crippen MR) is 75.6 cm³/mol. The first kappa shape index (κ1) is 15.1. The molecule has 0 bridgehead atoms. The van der Waals surface area contributed by atoms with Gasteiger partial charge < -0.3 is 0 Å². The molecule has 2 aromatic rings. The topological polar surface area (TPSA) is 111 Å². The molecule has 2 aromatic heterocycles. The molecule has 0 spiro atoms. The number of pyridine rings is 1. The van der Waals surface area contributed by atoms with E-state index in [1.807, 2.05) is 0 Å². The van der Waals surface area contributed by atoms with E-state index < -0.39 is 16.5 Å². The molecule has 8 nitrogen and oxygen atoms in total. The number of amides is 1. The van der Waals surface area contributed by atoms with E-state index in [4.69, 9.17) is 23.2 Å². The number of nitro groups is 1. The third kappa shape index (κ3) is 3.61. The highest BCUT2D eigenvalue weighted by Gasteiger charge is 2.22. The predicted octanol–water partition coefficient (Wildman–Crippen LogP) is 2.65. The van der Waals surface area contributed by atoms with Gasteiger partial charge in [0.2, 0.25) is 5.95 Å². The normalized spacial score (nSPS) is 10.2. The lowest BCUT2D eigenvalue weighted by atomic mass is 10.2. The van der Waals surface area contributed by atoms with Gasteiger partial charge in [-0.05, 0) is 19.1 Å². The molecule has 2 heterocycles. The largest absolute Gasteiger partial charge is 0.300 e. The molecule has 0 atom stereocenters. The summed E-state index contributed by atoms with van der Waals surface area (Å²) in [4.78, 5) is 33.6. The second-order valence-corrected chi connectivity index (χ2v) is 4.67. The Morgan fingerprint density at radius 2 is 2.00 bits per heavy atom. The number of halogens is 2. The van der Waals surface area contributed by atoms with E-state index >= 15 is 0 Å². The van der Waals surface area contributed by atoms with Gasteiger partial charge in [0.15, 0.2) is 0 Å². The fraction of sp³-hybridized carbons (Fsp3) is 0.0909. The lowest BCUT2D eigenvalue weighted by Crippen LogP contribution is -2.16. The molecule has 2 rings (SSSR count). The summed E-state index contributed by atoms with van der Waals surface area (Å²) < 4.78 is 0. The van der Waals surface area contributed by atoms with E-state index in [2.05, 4.69) is 20.3 Å². The molecule has 0 radical (unpaired) electrons. The number of aryl methyl sites for hydroxylation is 1. The number of anilines is 1. The summed E-state index contributed by atoms with van der Waals surface area (Å²) in [5.74, 6) is -0.847. The highest BCUT2D eigenvalue weighted by Crippen LogP contribution is 2.21. The zero-order valence-electron chi connectivity index (χ0n) is 10.5. The van der Waals surface area contributed by atoms with Crippen LogP contribution < -0.4 is 5.32 Å². The van der Waals surface area contributed by atoms with Crippen LogP contribution in [0.1, 0.15) is 16.1 Å². The maximum absolute atomic E-state index is 12.1. The Hall–Kier alpha value is -2.32. The molecule has 0 unspecified atom stereocenters. The van der Waals surface area contributed by atoms with Crippen LogP contribution in [0.25, 0.3) is 0 Å². The summed E-state index contributed by atoms with van der Waals surface area (Å²) in [5, 5.41) is 13.3. The van der Waals surface area contributed by atoms with Crippen molar-refractivity contribution in [2.75, 3.05) is 5.32 Å². The monoisotopic (exact) mass is 327 g/mol. The SMILES string of the molecule is Cc1cc(Cl)nc(NC(=O)c2cc(Cl)ncc2[N+](=O)[O-])n1. The van der Waals surface area contributed by atoms with Crippen LogP contribution in [0.15, 0.2) is 18.3 Å². The Morgan fingerprint density at radius 3 is 2.62 bits per heavy atom. The van der Waals surface area contributed by atoms with Crippen LogP contribution in [0.3, 0.4) is 0 Å². The fourth-order valence-electron chi connectivity index (χ4n) is 1.50. The maximum atomic E-state index is 12.1. The maximum Gasteiger partial charge on any atom is 0.300 e. The van der Waals surface area contributed by atoms with Gasteiger partial charge in [0.1, 0.15) is 22.1 Å². The van der Waals surface area contributed by atoms with Gasteiger partial charge in [-0.25, -0.2) is 15.0 Å². The summed E-state index contributed by atoms with van der Waals surface area (Å²) in [7, 11) is 0. The fourth-order valence-corrected chi connectivity index (χ4v) is 1.90.